The third kappa shape index (κ3) is 3.31. The molecule has 20 heavy (non-hydrogen) atoms. The number of ether oxygens (including phenoxy) is 2. The highest BCUT2D eigenvalue weighted by Gasteiger charge is 2.20. The first kappa shape index (κ1) is 14.4. The number of hydrogen-bond donors (Lipinski definition) is 3. The minimum absolute atomic E-state index is 0.0695. The minimum atomic E-state index is -3.57. The van der Waals surface area contributed by atoms with Gasteiger partial charge < -0.3 is 20.5 Å². The van der Waals surface area contributed by atoms with Crippen LogP contribution in [0.3, 0.4) is 0 Å². The molecular weight excluding hydrogens is 286 g/mol. The van der Waals surface area contributed by atoms with E-state index in [2.05, 4.69) is 10.0 Å². The first-order chi connectivity index (χ1) is 9.41. The lowest BCUT2D eigenvalue weighted by atomic mass is 10.2. The fourth-order valence-electron chi connectivity index (χ4n) is 1.64. The van der Waals surface area contributed by atoms with Crippen molar-refractivity contribution in [3.8, 4) is 5.75 Å². The number of fused-ring (bicyclic) bond motifs is 1. The Bertz CT molecular complexity index is 629. The topological polar surface area (TPSA) is 120 Å². The summed E-state index contributed by atoms with van der Waals surface area (Å²) in [5.74, 6) is -0.0968. The summed E-state index contributed by atoms with van der Waals surface area (Å²) in [6, 6.07) is 2.88. The van der Waals surface area contributed by atoms with Gasteiger partial charge in [-0.15, -0.1) is 0 Å². The summed E-state index contributed by atoms with van der Waals surface area (Å²) in [6.45, 7) is -0.0224. The van der Waals surface area contributed by atoms with Gasteiger partial charge in [-0.2, -0.15) is 0 Å². The van der Waals surface area contributed by atoms with E-state index in [1.807, 2.05) is 0 Å². The van der Waals surface area contributed by atoms with Crippen molar-refractivity contribution in [1.29, 1.82) is 0 Å². The first-order valence-electron chi connectivity index (χ1n) is 5.77. The number of nitrogen functional groups attached to an aromatic ring is 1. The lowest BCUT2D eigenvalue weighted by Crippen LogP contribution is -2.26. The Morgan fingerprint density at radius 2 is 2.25 bits per heavy atom. The van der Waals surface area contributed by atoms with E-state index in [1.165, 1.54) is 19.2 Å². The monoisotopic (exact) mass is 301 g/mol. The number of anilines is 3. The molecule has 1 aromatic rings. The fourth-order valence-corrected chi connectivity index (χ4v) is 2.64. The van der Waals surface area contributed by atoms with Crippen molar-refractivity contribution in [3.63, 3.8) is 0 Å². The molecule has 0 atom stereocenters. The van der Waals surface area contributed by atoms with Gasteiger partial charge in [-0.05, 0) is 6.07 Å². The lowest BCUT2D eigenvalue weighted by Gasteiger charge is -2.20. The van der Waals surface area contributed by atoms with Gasteiger partial charge in [0.1, 0.15) is 5.75 Å². The Balaban J connectivity index is 2.24. The third-order valence-corrected chi connectivity index (χ3v) is 3.84. The van der Waals surface area contributed by atoms with Crippen molar-refractivity contribution in [3.05, 3.63) is 12.1 Å². The predicted octanol–water partition coefficient (Wildman–Crippen LogP) is -0.0122. The molecule has 0 radical (unpaired) electrons. The molecule has 1 aliphatic heterocycles. The number of hydrogen-bond acceptors (Lipinski definition) is 6. The van der Waals surface area contributed by atoms with Gasteiger partial charge in [-0.3, -0.25) is 9.52 Å². The van der Waals surface area contributed by atoms with Crippen molar-refractivity contribution in [2.45, 2.75) is 0 Å². The normalized spacial score (nSPS) is 14.2. The third-order valence-electron chi connectivity index (χ3n) is 2.61. The van der Waals surface area contributed by atoms with Crippen molar-refractivity contribution < 1.29 is 22.7 Å². The second-order valence-electron chi connectivity index (χ2n) is 4.19. The highest BCUT2D eigenvalue weighted by molar-refractivity contribution is 7.92. The van der Waals surface area contributed by atoms with Crippen LogP contribution in [0.25, 0.3) is 0 Å². The number of sulfonamides is 1. The molecule has 1 heterocycles. The Labute approximate surface area is 116 Å². The lowest BCUT2D eigenvalue weighted by molar-refractivity contribution is -0.118. The molecule has 0 aromatic heterocycles. The van der Waals surface area contributed by atoms with E-state index >= 15 is 0 Å². The van der Waals surface area contributed by atoms with Gasteiger partial charge in [0.2, 0.25) is 10.0 Å². The van der Waals surface area contributed by atoms with Crippen LogP contribution >= 0.6 is 0 Å². The van der Waals surface area contributed by atoms with Crippen LogP contribution in [0.2, 0.25) is 0 Å². The van der Waals surface area contributed by atoms with E-state index in [0.29, 0.717) is 11.4 Å². The second-order valence-corrected chi connectivity index (χ2v) is 6.03. The number of amides is 1. The number of carbonyl (C=O) groups is 1. The molecule has 1 aliphatic rings. The van der Waals surface area contributed by atoms with Gasteiger partial charge in [-0.1, -0.05) is 0 Å². The molecule has 4 N–H and O–H groups in total. The molecular formula is C11H15N3O5S. The molecule has 2 rings (SSSR count). The largest absolute Gasteiger partial charge is 0.482 e. The molecule has 0 unspecified atom stereocenters. The Morgan fingerprint density at radius 3 is 2.95 bits per heavy atom. The zero-order valence-corrected chi connectivity index (χ0v) is 11.6. The van der Waals surface area contributed by atoms with Crippen molar-refractivity contribution in [2.24, 2.45) is 0 Å². The van der Waals surface area contributed by atoms with Crippen LogP contribution < -0.4 is 20.5 Å². The quantitative estimate of drug-likeness (QED) is 0.658. The van der Waals surface area contributed by atoms with E-state index in [4.69, 9.17) is 15.2 Å². The molecule has 0 saturated heterocycles. The molecule has 110 valence electrons. The minimum Gasteiger partial charge on any atom is -0.482 e. The van der Waals surface area contributed by atoms with Gasteiger partial charge in [0.25, 0.3) is 5.91 Å². The Kier molecular flexibility index (Phi) is 4.00. The summed E-state index contributed by atoms with van der Waals surface area (Å²) in [4.78, 5) is 11.2. The van der Waals surface area contributed by atoms with Crippen LogP contribution in [0.4, 0.5) is 17.1 Å². The maximum Gasteiger partial charge on any atom is 0.262 e. The average molecular weight is 301 g/mol. The number of carbonyl (C=O) groups excluding carboxylic acids is 1. The summed E-state index contributed by atoms with van der Waals surface area (Å²) in [5, 5.41) is 2.58. The van der Waals surface area contributed by atoms with Crippen LogP contribution in [-0.4, -0.2) is 40.4 Å². The number of nitrogens with two attached hydrogens (primary N) is 1. The zero-order chi connectivity index (χ0) is 14.8. The summed E-state index contributed by atoms with van der Waals surface area (Å²) < 4.78 is 35.8. The van der Waals surface area contributed by atoms with Crippen LogP contribution in [0.1, 0.15) is 0 Å². The van der Waals surface area contributed by atoms with E-state index in [-0.39, 0.29) is 36.2 Å². The van der Waals surface area contributed by atoms with Crippen LogP contribution in [-0.2, 0) is 19.6 Å². The number of methoxy groups -OCH3 is 1. The summed E-state index contributed by atoms with van der Waals surface area (Å²) in [7, 11) is -2.16. The van der Waals surface area contributed by atoms with Gasteiger partial charge in [0, 0.05) is 13.2 Å². The SMILES string of the molecule is COCCS(=O)(=O)Nc1cc2c(cc1N)OCC(=O)N2. The predicted molar refractivity (Wildman–Crippen MR) is 74.3 cm³/mol. The van der Waals surface area contributed by atoms with Crippen molar-refractivity contribution in [2.75, 3.05) is 41.8 Å². The molecule has 0 fully saturated rings. The molecule has 1 amide bonds. The van der Waals surface area contributed by atoms with E-state index in [0.717, 1.165) is 0 Å². The van der Waals surface area contributed by atoms with Gasteiger partial charge >= 0.3 is 0 Å². The number of rotatable bonds is 5. The van der Waals surface area contributed by atoms with Crippen LogP contribution in [0.15, 0.2) is 12.1 Å². The van der Waals surface area contributed by atoms with Crippen LogP contribution in [0.5, 0.6) is 5.75 Å². The van der Waals surface area contributed by atoms with Crippen LogP contribution in [0, 0.1) is 0 Å². The van der Waals surface area contributed by atoms with Gasteiger partial charge in [0.05, 0.1) is 29.4 Å². The number of nitrogens with one attached hydrogen (secondary N) is 2. The summed E-state index contributed by atoms with van der Waals surface area (Å²) in [5.41, 5.74) is 6.53. The van der Waals surface area contributed by atoms with E-state index in [1.54, 1.807) is 0 Å². The summed E-state index contributed by atoms with van der Waals surface area (Å²) >= 11 is 0. The standard InChI is InChI=1S/C11H15N3O5S/c1-18-2-3-20(16,17)14-8-5-9-10(4-7(8)12)19-6-11(15)13-9/h4-5,14H,2-3,6,12H2,1H3,(H,13,15). The van der Waals surface area contributed by atoms with Crippen molar-refractivity contribution >= 4 is 33.0 Å². The fraction of sp³-hybridized carbons (Fsp3) is 0.364. The average Bonchev–Trinajstić information content (AvgIpc) is 2.37. The molecule has 0 aliphatic carbocycles. The maximum atomic E-state index is 11.8. The molecule has 1 aromatic carbocycles. The van der Waals surface area contributed by atoms with Gasteiger partial charge in [0.15, 0.2) is 6.61 Å². The van der Waals surface area contributed by atoms with Crippen molar-refractivity contribution in [1.82, 2.24) is 0 Å². The Hall–Kier alpha value is -2.00. The maximum absolute atomic E-state index is 11.8. The second kappa shape index (κ2) is 5.55. The molecule has 0 saturated carbocycles. The summed E-state index contributed by atoms with van der Waals surface area (Å²) in [6.07, 6.45) is 0. The smallest absolute Gasteiger partial charge is 0.262 e. The molecule has 0 spiro atoms. The first-order valence-corrected chi connectivity index (χ1v) is 7.42. The molecule has 9 heteroatoms. The molecule has 0 bridgehead atoms. The van der Waals surface area contributed by atoms with E-state index < -0.39 is 10.0 Å². The molecule has 8 nitrogen and oxygen atoms in total. The Morgan fingerprint density at radius 1 is 1.50 bits per heavy atom. The highest BCUT2D eigenvalue weighted by Crippen LogP contribution is 2.35. The van der Waals surface area contributed by atoms with Gasteiger partial charge in [-0.25, -0.2) is 8.42 Å². The zero-order valence-electron chi connectivity index (χ0n) is 10.8. The highest BCUT2D eigenvalue weighted by atomic mass is 32.2. The van der Waals surface area contributed by atoms with E-state index in [9.17, 15) is 13.2 Å². The number of benzene rings is 1.